The molecule has 1 aliphatic carbocycles. The number of carbonyl (C=O) groups excluding carboxylic acids is 1. The molecule has 98 valence electrons. The van der Waals surface area contributed by atoms with Crippen molar-refractivity contribution in [1.29, 1.82) is 0 Å². The highest BCUT2D eigenvalue weighted by molar-refractivity contribution is 8.00. The normalized spacial score (nSPS) is 16.0. The van der Waals surface area contributed by atoms with E-state index in [0.717, 1.165) is 16.5 Å². The van der Waals surface area contributed by atoms with E-state index in [1.54, 1.807) is 6.20 Å². The van der Waals surface area contributed by atoms with E-state index in [1.807, 2.05) is 42.1 Å². The zero-order chi connectivity index (χ0) is 13.1. The zero-order valence-corrected chi connectivity index (χ0v) is 11.7. The number of pyridine rings is 1. The SMILES string of the molecule is O=C(CSC1CCCC1)c1ccc2cccnc2c1. The van der Waals surface area contributed by atoms with Crippen molar-refractivity contribution in [1.82, 2.24) is 4.98 Å². The van der Waals surface area contributed by atoms with E-state index < -0.39 is 0 Å². The Morgan fingerprint density at radius 3 is 2.95 bits per heavy atom. The number of aromatic nitrogens is 1. The first kappa shape index (κ1) is 12.7. The molecule has 0 bridgehead atoms. The summed E-state index contributed by atoms with van der Waals surface area (Å²) in [5, 5.41) is 1.78. The minimum absolute atomic E-state index is 0.226. The predicted octanol–water partition coefficient (Wildman–Crippen LogP) is 4.09. The summed E-state index contributed by atoms with van der Waals surface area (Å²) in [5.41, 5.74) is 1.69. The molecular weight excluding hydrogens is 254 g/mol. The van der Waals surface area contributed by atoms with Crippen molar-refractivity contribution < 1.29 is 4.79 Å². The number of hydrogen-bond acceptors (Lipinski definition) is 3. The summed E-state index contributed by atoms with van der Waals surface area (Å²) in [6, 6.07) is 9.74. The predicted molar refractivity (Wildman–Crippen MR) is 80.8 cm³/mol. The lowest BCUT2D eigenvalue weighted by Crippen LogP contribution is -2.06. The Morgan fingerprint density at radius 2 is 2.11 bits per heavy atom. The van der Waals surface area contributed by atoms with Gasteiger partial charge in [-0.1, -0.05) is 31.0 Å². The molecule has 2 nitrogen and oxygen atoms in total. The molecule has 0 aliphatic heterocycles. The van der Waals surface area contributed by atoms with Gasteiger partial charge >= 0.3 is 0 Å². The van der Waals surface area contributed by atoms with Crippen LogP contribution in [0, 0.1) is 0 Å². The number of carbonyl (C=O) groups is 1. The molecule has 0 spiro atoms. The molecule has 0 saturated heterocycles. The standard InChI is InChI=1S/C16H17NOS/c18-16(11-19-14-5-1-2-6-14)13-8-7-12-4-3-9-17-15(12)10-13/h3-4,7-10,14H,1-2,5-6,11H2. The molecule has 3 heteroatoms. The van der Waals surface area contributed by atoms with Crippen LogP contribution in [0.25, 0.3) is 10.9 Å². The third-order valence-corrected chi connectivity index (χ3v) is 5.05. The highest BCUT2D eigenvalue weighted by Crippen LogP contribution is 2.29. The number of benzene rings is 1. The van der Waals surface area contributed by atoms with Gasteiger partial charge in [0.15, 0.2) is 5.78 Å². The van der Waals surface area contributed by atoms with Crippen molar-refractivity contribution in [2.24, 2.45) is 0 Å². The molecule has 1 heterocycles. The second-order valence-corrected chi connectivity index (χ2v) is 6.34. The monoisotopic (exact) mass is 271 g/mol. The molecule has 1 aliphatic rings. The van der Waals surface area contributed by atoms with Gasteiger partial charge in [-0.05, 0) is 25.0 Å². The summed E-state index contributed by atoms with van der Waals surface area (Å²) in [4.78, 5) is 16.5. The fourth-order valence-electron chi connectivity index (χ4n) is 2.57. The van der Waals surface area contributed by atoms with E-state index in [0.29, 0.717) is 11.0 Å². The van der Waals surface area contributed by atoms with E-state index in [2.05, 4.69) is 4.98 Å². The Bertz CT molecular complexity index is 590. The minimum atomic E-state index is 0.226. The minimum Gasteiger partial charge on any atom is -0.293 e. The third kappa shape index (κ3) is 2.98. The molecule has 1 aromatic heterocycles. The summed E-state index contributed by atoms with van der Waals surface area (Å²) in [6.45, 7) is 0. The lowest BCUT2D eigenvalue weighted by molar-refractivity contribution is 0.102. The molecule has 19 heavy (non-hydrogen) atoms. The maximum Gasteiger partial charge on any atom is 0.172 e. The highest BCUT2D eigenvalue weighted by atomic mass is 32.2. The van der Waals surface area contributed by atoms with E-state index in [4.69, 9.17) is 0 Å². The lowest BCUT2D eigenvalue weighted by Gasteiger charge is -2.08. The number of Topliss-reactive ketones (excluding diaryl/α,β-unsaturated/α-hetero) is 1. The maximum absolute atomic E-state index is 12.2. The second-order valence-electron chi connectivity index (χ2n) is 5.05. The van der Waals surface area contributed by atoms with Crippen molar-refractivity contribution >= 4 is 28.4 Å². The number of hydrogen-bond donors (Lipinski definition) is 0. The first-order valence-electron chi connectivity index (χ1n) is 6.82. The van der Waals surface area contributed by atoms with Gasteiger partial charge in [-0.15, -0.1) is 0 Å². The molecule has 1 fully saturated rings. The lowest BCUT2D eigenvalue weighted by atomic mass is 10.1. The van der Waals surface area contributed by atoms with Crippen LogP contribution in [0.15, 0.2) is 36.5 Å². The molecule has 0 amide bonds. The fourth-order valence-corrected chi connectivity index (χ4v) is 3.79. The van der Waals surface area contributed by atoms with Crippen molar-refractivity contribution in [2.45, 2.75) is 30.9 Å². The van der Waals surface area contributed by atoms with Gasteiger partial charge in [-0.25, -0.2) is 0 Å². The quantitative estimate of drug-likeness (QED) is 0.784. The summed E-state index contributed by atoms with van der Waals surface area (Å²) in [7, 11) is 0. The average Bonchev–Trinajstić information content (AvgIpc) is 2.97. The van der Waals surface area contributed by atoms with Crippen LogP contribution in [-0.2, 0) is 0 Å². The van der Waals surface area contributed by atoms with Crippen LogP contribution in [0.5, 0.6) is 0 Å². The first-order valence-corrected chi connectivity index (χ1v) is 7.87. The second kappa shape index (κ2) is 5.74. The maximum atomic E-state index is 12.2. The Labute approximate surface area is 117 Å². The van der Waals surface area contributed by atoms with Crippen molar-refractivity contribution in [3.05, 3.63) is 42.1 Å². The van der Waals surface area contributed by atoms with E-state index in [-0.39, 0.29) is 5.78 Å². The molecule has 0 unspecified atom stereocenters. The topological polar surface area (TPSA) is 30.0 Å². The van der Waals surface area contributed by atoms with Crippen molar-refractivity contribution in [2.75, 3.05) is 5.75 Å². The van der Waals surface area contributed by atoms with Gasteiger partial charge in [-0.2, -0.15) is 11.8 Å². The number of thioether (sulfide) groups is 1. The number of fused-ring (bicyclic) bond motifs is 1. The van der Waals surface area contributed by atoms with Crippen LogP contribution in [0.1, 0.15) is 36.0 Å². The van der Waals surface area contributed by atoms with Gasteiger partial charge in [0, 0.05) is 22.4 Å². The molecule has 0 radical (unpaired) electrons. The van der Waals surface area contributed by atoms with Crippen LogP contribution >= 0.6 is 11.8 Å². The van der Waals surface area contributed by atoms with Crippen LogP contribution in [-0.4, -0.2) is 21.8 Å². The average molecular weight is 271 g/mol. The molecule has 3 rings (SSSR count). The van der Waals surface area contributed by atoms with Gasteiger partial charge in [0.1, 0.15) is 0 Å². The van der Waals surface area contributed by atoms with Crippen molar-refractivity contribution in [3.63, 3.8) is 0 Å². The Hall–Kier alpha value is -1.35. The number of rotatable bonds is 4. The molecule has 1 saturated carbocycles. The summed E-state index contributed by atoms with van der Waals surface area (Å²) >= 11 is 1.82. The smallest absolute Gasteiger partial charge is 0.172 e. The third-order valence-electron chi connectivity index (χ3n) is 3.68. The van der Waals surface area contributed by atoms with Gasteiger partial charge in [-0.3, -0.25) is 9.78 Å². The van der Waals surface area contributed by atoms with Gasteiger partial charge in [0.05, 0.1) is 11.3 Å². The van der Waals surface area contributed by atoms with Crippen LogP contribution < -0.4 is 0 Å². The Kier molecular flexibility index (Phi) is 3.83. The van der Waals surface area contributed by atoms with E-state index in [9.17, 15) is 4.79 Å². The first-order chi connectivity index (χ1) is 9.33. The summed E-state index contributed by atoms with van der Waals surface area (Å²) < 4.78 is 0. The number of nitrogens with zero attached hydrogens (tertiary/aromatic N) is 1. The molecule has 1 aromatic carbocycles. The van der Waals surface area contributed by atoms with Crippen LogP contribution in [0.2, 0.25) is 0 Å². The van der Waals surface area contributed by atoms with E-state index in [1.165, 1.54) is 25.7 Å². The van der Waals surface area contributed by atoms with Gasteiger partial charge in [0.2, 0.25) is 0 Å². The largest absolute Gasteiger partial charge is 0.293 e. The highest BCUT2D eigenvalue weighted by Gasteiger charge is 2.17. The molecular formula is C16H17NOS. The van der Waals surface area contributed by atoms with E-state index >= 15 is 0 Å². The molecule has 0 atom stereocenters. The molecule has 0 N–H and O–H groups in total. The molecule has 2 aromatic rings. The fraction of sp³-hybridized carbons (Fsp3) is 0.375. The van der Waals surface area contributed by atoms with Crippen LogP contribution in [0.4, 0.5) is 0 Å². The number of ketones is 1. The Morgan fingerprint density at radius 1 is 1.26 bits per heavy atom. The summed E-state index contributed by atoms with van der Waals surface area (Å²) in [5.74, 6) is 0.827. The Balaban J connectivity index is 1.70. The van der Waals surface area contributed by atoms with Crippen LogP contribution in [0.3, 0.4) is 0 Å². The van der Waals surface area contributed by atoms with Gasteiger partial charge in [0.25, 0.3) is 0 Å². The zero-order valence-electron chi connectivity index (χ0n) is 10.8. The van der Waals surface area contributed by atoms with Gasteiger partial charge < -0.3 is 0 Å². The summed E-state index contributed by atoms with van der Waals surface area (Å²) in [6.07, 6.45) is 6.97. The van der Waals surface area contributed by atoms with Crippen molar-refractivity contribution in [3.8, 4) is 0 Å².